The van der Waals surface area contributed by atoms with E-state index in [1.807, 2.05) is 0 Å². The first-order valence-electron chi connectivity index (χ1n) is 16.5. The molecule has 0 unspecified atom stereocenters. The normalized spacial score (nSPS) is 14.2. The molecule has 3 heteroatoms. The summed E-state index contributed by atoms with van der Waals surface area (Å²) in [5.74, 6) is 0. The number of hydrogen-bond donors (Lipinski definition) is 0. The van der Waals surface area contributed by atoms with E-state index in [-0.39, 0.29) is 35.6 Å². The summed E-state index contributed by atoms with van der Waals surface area (Å²) in [6, 6.07) is 30.7. The SMILES string of the molecule is Cl.Cl.[CH2]=[Zr]([CH2]c1ccccc1C)([CH2]c1ccccc1C)([C]1=CC=CC1)[c]1cc(C(C)(C)C)cc2c1Cc1ccc(C(C)(C)C)cc1-2. The van der Waals surface area contributed by atoms with Crippen molar-refractivity contribution in [1.82, 2.24) is 0 Å². The minimum atomic E-state index is -4.44. The predicted octanol–water partition coefficient (Wildman–Crippen LogP) is 11.3. The van der Waals surface area contributed by atoms with Gasteiger partial charge in [0, 0.05) is 0 Å². The van der Waals surface area contributed by atoms with Crippen LogP contribution in [0.15, 0.2) is 100 Å². The summed E-state index contributed by atoms with van der Waals surface area (Å²) in [7, 11) is 0. The third-order valence-corrected chi connectivity index (χ3v) is 26.5. The minimum absolute atomic E-state index is 0. The number of fused-ring (bicyclic) bond motifs is 3. The van der Waals surface area contributed by atoms with Crippen molar-refractivity contribution in [1.29, 1.82) is 0 Å². The molecule has 2 aliphatic rings. The molecule has 2 aliphatic carbocycles. The first-order valence-corrected chi connectivity index (χ1v) is 24.2. The molecule has 6 rings (SSSR count). The Kier molecular flexibility index (Phi) is 10.3. The molecule has 4 aromatic carbocycles. The van der Waals surface area contributed by atoms with Crippen LogP contribution in [0.3, 0.4) is 0 Å². The summed E-state index contributed by atoms with van der Waals surface area (Å²) in [5.41, 5.74) is 14.6. The van der Waals surface area contributed by atoms with E-state index in [4.69, 9.17) is 4.21 Å². The number of benzene rings is 4. The Hall–Kier alpha value is -2.31. The second-order valence-electron chi connectivity index (χ2n) is 16.1. The van der Waals surface area contributed by atoms with Gasteiger partial charge in [0.25, 0.3) is 0 Å². The maximum atomic E-state index is 5.75. The Morgan fingerprint density at radius 3 is 1.72 bits per heavy atom. The van der Waals surface area contributed by atoms with E-state index in [1.54, 1.807) is 12.1 Å². The standard InChI is InChI=1S/C21H25.2C8H9.C5H5.CH2.2ClH.Zr/c1-20(2,3)16-9-7-14-11-15-8-10-17(21(4,5)6)13-19(15)18(14)12-16;2*1-7-5-3-4-6-8(7)2;1-2-4-5-3-1;;;;/h7,9-10,12-13H,11H2,1-6H3;2*3-6H,1H2,2H3;1-3H,4H2;1H2;2*1H;. The molecule has 0 N–H and O–H groups in total. The third kappa shape index (κ3) is 6.42. The molecule has 4 aromatic rings. The third-order valence-electron chi connectivity index (χ3n) is 10.8. The molecule has 0 radical (unpaired) electrons. The van der Waals surface area contributed by atoms with Gasteiger partial charge in [-0.1, -0.05) is 0 Å². The molecular formula is C43H52Cl2Zr. The molecule has 0 heterocycles. The van der Waals surface area contributed by atoms with Gasteiger partial charge in [0.2, 0.25) is 0 Å². The van der Waals surface area contributed by atoms with Crippen LogP contribution < -0.4 is 3.27 Å². The van der Waals surface area contributed by atoms with E-state index in [0.29, 0.717) is 0 Å². The van der Waals surface area contributed by atoms with Crippen LogP contribution in [0.2, 0.25) is 0 Å². The van der Waals surface area contributed by atoms with E-state index < -0.39 is 18.3 Å². The van der Waals surface area contributed by atoms with Crippen LogP contribution in [0.5, 0.6) is 0 Å². The summed E-state index contributed by atoms with van der Waals surface area (Å²) in [5, 5.41) is 0. The maximum absolute atomic E-state index is 5.75. The van der Waals surface area contributed by atoms with E-state index >= 15 is 0 Å². The van der Waals surface area contributed by atoms with Gasteiger partial charge in [-0.25, -0.2) is 0 Å². The average molecular weight is 731 g/mol. The number of aryl methyl sites for hydroxylation is 2. The Bertz CT molecular complexity index is 1850. The molecule has 0 aliphatic heterocycles. The van der Waals surface area contributed by atoms with Crippen LogP contribution in [-0.2, 0) is 43.8 Å². The van der Waals surface area contributed by atoms with Gasteiger partial charge in [-0.05, 0) is 0 Å². The van der Waals surface area contributed by atoms with Crippen LogP contribution in [0.4, 0.5) is 0 Å². The van der Waals surface area contributed by atoms with E-state index in [1.165, 1.54) is 50.1 Å². The van der Waals surface area contributed by atoms with Crippen molar-refractivity contribution < 1.29 is 18.3 Å². The van der Waals surface area contributed by atoms with Crippen molar-refractivity contribution in [2.75, 3.05) is 0 Å². The van der Waals surface area contributed by atoms with Crippen molar-refractivity contribution in [3.63, 3.8) is 0 Å². The Morgan fingerprint density at radius 1 is 0.674 bits per heavy atom. The molecule has 0 nitrogen and oxygen atoms in total. The van der Waals surface area contributed by atoms with Gasteiger partial charge in [0.1, 0.15) is 0 Å². The van der Waals surface area contributed by atoms with Gasteiger partial charge < -0.3 is 0 Å². The topological polar surface area (TPSA) is 0 Å². The fourth-order valence-corrected chi connectivity index (χ4v) is 24.3. The first-order chi connectivity index (χ1) is 20.7. The number of allylic oxidation sites excluding steroid dienone is 4. The molecule has 0 saturated carbocycles. The van der Waals surface area contributed by atoms with Crippen molar-refractivity contribution >= 4 is 32.3 Å². The molecule has 0 spiro atoms. The zero-order chi connectivity index (χ0) is 31.5. The van der Waals surface area contributed by atoms with Crippen LogP contribution in [-0.4, -0.2) is 4.21 Å². The second-order valence-corrected chi connectivity index (χ2v) is 30.2. The quantitative estimate of drug-likeness (QED) is 0.163. The second kappa shape index (κ2) is 13.0. The monoisotopic (exact) mass is 728 g/mol. The molecule has 0 saturated heterocycles. The fraction of sp³-hybridized carbons (Fsp3) is 0.326. The summed E-state index contributed by atoms with van der Waals surface area (Å²) in [6.07, 6.45) is 9.17. The molecule has 0 bridgehead atoms. The number of rotatable bonds is 6. The number of hydrogen-bond acceptors (Lipinski definition) is 0. The van der Waals surface area contributed by atoms with Crippen molar-refractivity contribution in [2.24, 2.45) is 0 Å². The van der Waals surface area contributed by atoms with Gasteiger partial charge in [0.05, 0.1) is 0 Å². The van der Waals surface area contributed by atoms with Crippen LogP contribution >= 0.6 is 24.8 Å². The molecule has 0 fully saturated rings. The molecule has 0 atom stereocenters. The summed E-state index contributed by atoms with van der Waals surface area (Å²) in [4.78, 5) is 0. The van der Waals surface area contributed by atoms with E-state index in [9.17, 15) is 0 Å². The number of halogens is 2. The van der Waals surface area contributed by atoms with Gasteiger partial charge in [-0.15, -0.1) is 24.8 Å². The molecule has 0 aromatic heterocycles. The first kappa shape index (κ1) is 36.5. The Morgan fingerprint density at radius 2 is 1.22 bits per heavy atom. The molecule has 0 amide bonds. The van der Waals surface area contributed by atoms with Crippen LogP contribution in [0, 0.1) is 13.8 Å². The van der Waals surface area contributed by atoms with Crippen molar-refractivity contribution in [2.45, 2.75) is 87.3 Å². The van der Waals surface area contributed by atoms with E-state index in [0.717, 1.165) is 21.1 Å². The Balaban J connectivity index is 0.00000240. The van der Waals surface area contributed by atoms with Gasteiger partial charge >= 0.3 is 269 Å². The summed E-state index contributed by atoms with van der Waals surface area (Å²) in [6.45, 7) is 18.7. The molecular weight excluding hydrogens is 679 g/mol. The summed E-state index contributed by atoms with van der Waals surface area (Å²) < 4.78 is 11.1. The van der Waals surface area contributed by atoms with Gasteiger partial charge in [0.15, 0.2) is 0 Å². The average Bonchev–Trinajstić information content (AvgIpc) is 3.63. The Labute approximate surface area is 291 Å². The van der Waals surface area contributed by atoms with Crippen LogP contribution in [0.1, 0.15) is 92.5 Å². The molecule has 46 heavy (non-hydrogen) atoms. The van der Waals surface area contributed by atoms with E-state index in [2.05, 4.69) is 152 Å². The zero-order valence-corrected chi connectivity index (χ0v) is 33.2. The van der Waals surface area contributed by atoms with Crippen molar-refractivity contribution in [3.8, 4) is 11.1 Å². The van der Waals surface area contributed by atoms with Gasteiger partial charge in [-0.3, -0.25) is 0 Å². The molecule has 242 valence electrons. The van der Waals surface area contributed by atoms with Crippen LogP contribution in [0.25, 0.3) is 11.1 Å². The zero-order valence-electron chi connectivity index (χ0n) is 29.1. The summed E-state index contributed by atoms with van der Waals surface area (Å²) >= 11 is -4.44. The van der Waals surface area contributed by atoms with Gasteiger partial charge in [-0.2, -0.15) is 0 Å². The fourth-order valence-electron chi connectivity index (χ4n) is 7.88. The van der Waals surface area contributed by atoms with Crippen molar-refractivity contribution in [3.05, 3.63) is 145 Å². The predicted molar refractivity (Wildman–Crippen MR) is 205 cm³/mol.